The second-order valence-electron chi connectivity index (χ2n) is 12.4. The van der Waals surface area contributed by atoms with Crippen LogP contribution in [0, 0.1) is 45.3 Å². The molecule has 4 saturated carbocycles. The van der Waals surface area contributed by atoms with Crippen LogP contribution in [0.4, 0.5) is 0 Å². The molecule has 0 aliphatic heterocycles. The molecule has 0 heterocycles. The predicted molar refractivity (Wildman–Crippen MR) is 113 cm³/mol. The Labute approximate surface area is 176 Å². The van der Waals surface area contributed by atoms with Gasteiger partial charge in [-0.1, -0.05) is 34.1 Å². The molecule has 0 bridgehead atoms. The lowest BCUT2D eigenvalue weighted by Crippen LogP contribution is -2.67. The standard InChI is InChI=1S/C25H42O4/c1-15(27)16-13-24(5)19(11-17(16)28)23(4)10-7-18-22(2,3)8-6-9-25(18,14-26)20(23)12-21(24)29/h16-21,26,28-29H,6-14H2,1-5H3/t16-,17+,18-,19-,20+,21-,23+,24-,25-/m1/s1. The van der Waals surface area contributed by atoms with Crippen LogP contribution < -0.4 is 0 Å². The van der Waals surface area contributed by atoms with Gasteiger partial charge in [0.2, 0.25) is 0 Å². The molecule has 0 aromatic heterocycles. The van der Waals surface area contributed by atoms with E-state index in [-0.39, 0.29) is 51.8 Å². The van der Waals surface area contributed by atoms with Crippen molar-refractivity contribution in [2.45, 2.75) is 98.2 Å². The maximum Gasteiger partial charge on any atom is 0.135 e. The number of Topliss-reactive ketones (excluding diaryl/α,β-unsaturated/α-hetero) is 1. The average molecular weight is 407 g/mol. The molecule has 0 radical (unpaired) electrons. The van der Waals surface area contributed by atoms with Crippen molar-refractivity contribution in [2.75, 3.05) is 6.61 Å². The highest BCUT2D eigenvalue weighted by molar-refractivity contribution is 5.79. The summed E-state index contributed by atoms with van der Waals surface area (Å²) in [5.41, 5.74) is -0.253. The van der Waals surface area contributed by atoms with Gasteiger partial charge in [-0.15, -0.1) is 0 Å². The van der Waals surface area contributed by atoms with Gasteiger partial charge in [0.05, 0.1) is 12.2 Å². The minimum atomic E-state index is -0.612. The minimum absolute atomic E-state index is 0.0105. The van der Waals surface area contributed by atoms with Gasteiger partial charge >= 0.3 is 0 Å². The molecule has 0 saturated heterocycles. The van der Waals surface area contributed by atoms with Crippen LogP contribution in [-0.2, 0) is 4.79 Å². The highest BCUT2D eigenvalue weighted by Gasteiger charge is 2.68. The SMILES string of the molecule is CC(=O)[C@H]1C[C@]2(C)[C@H](C[C@@H]1O)[C@]1(C)CC[C@@H]3C(C)(C)CCC[C@]3(CO)[C@H]1C[C@H]2O. The number of carbonyl (C=O) groups excluding carboxylic acids is 1. The molecule has 166 valence electrons. The van der Waals surface area contributed by atoms with Crippen molar-refractivity contribution in [3.8, 4) is 0 Å². The second kappa shape index (κ2) is 6.77. The zero-order valence-electron chi connectivity index (χ0n) is 19.1. The van der Waals surface area contributed by atoms with Crippen molar-refractivity contribution in [1.82, 2.24) is 0 Å². The lowest BCUT2D eigenvalue weighted by molar-refractivity contribution is -0.255. The van der Waals surface area contributed by atoms with Gasteiger partial charge in [-0.05, 0) is 85.9 Å². The van der Waals surface area contributed by atoms with E-state index in [4.69, 9.17) is 0 Å². The molecule has 4 heteroatoms. The molecule has 0 aromatic carbocycles. The summed E-state index contributed by atoms with van der Waals surface area (Å²) in [5.74, 6) is 0.627. The number of hydrogen-bond acceptors (Lipinski definition) is 4. The molecular formula is C25H42O4. The van der Waals surface area contributed by atoms with E-state index in [1.165, 1.54) is 6.42 Å². The van der Waals surface area contributed by atoms with Crippen molar-refractivity contribution in [1.29, 1.82) is 0 Å². The highest BCUT2D eigenvalue weighted by Crippen LogP contribution is 2.72. The lowest BCUT2D eigenvalue weighted by atomic mass is 9.34. The molecule has 29 heavy (non-hydrogen) atoms. The lowest BCUT2D eigenvalue weighted by Gasteiger charge is -2.70. The Balaban J connectivity index is 1.77. The van der Waals surface area contributed by atoms with Crippen molar-refractivity contribution in [2.24, 2.45) is 45.3 Å². The summed E-state index contributed by atoms with van der Waals surface area (Å²) in [5, 5.41) is 33.1. The van der Waals surface area contributed by atoms with Crippen molar-refractivity contribution < 1.29 is 20.1 Å². The summed E-state index contributed by atoms with van der Waals surface area (Å²) in [6, 6.07) is 0. The first-order valence-corrected chi connectivity index (χ1v) is 11.9. The number of rotatable bonds is 2. The maximum absolute atomic E-state index is 12.2. The number of hydrogen-bond donors (Lipinski definition) is 3. The Bertz CT molecular complexity index is 674. The van der Waals surface area contributed by atoms with Crippen molar-refractivity contribution in [3.63, 3.8) is 0 Å². The van der Waals surface area contributed by atoms with Gasteiger partial charge in [0.15, 0.2) is 0 Å². The third-order valence-corrected chi connectivity index (χ3v) is 10.8. The Hall–Kier alpha value is -0.450. The van der Waals surface area contributed by atoms with Crippen LogP contribution in [0.1, 0.15) is 86.0 Å². The summed E-state index contributed by atoms with van der Waals surface area (Å²) in [4.78, 5) is 12.2. The summed E-state index contributed by atoms with van der Waals surface area (Å²) >= 11 is 0. The van der Waals surface area contributed by atoms with Crippen LogP contribution in [0.2, 0.25) is 0 Å². The normalized spacial score (nSPS) is 54.1. The maximum atomic E-state index is 12.2. The van der Waals surface area contributed by atoms with E-state index < -0.39 is 12.2 Å². The molecule has 4 fully saturated rings. The fourth-order valence-corrected chi connectivity index (χ4v) is 9.33. The first-order chi connectivity index (χ1) is 13.4. The molecule has 4 nitrogen and oxygen atoms in total. The minimum Gasteiger partial charge on any atom is -0.396 e. The van der Waals surface area contributed by atoms with Crippen molar-refractivity contribution >= 4 is 5.78 Å². The Morgan fingerprint density at radius 1 is 0.931 bits per heavy atom. The zero-order valence-corrected chi connectivity index (χ0v) is 19.1. The third kappa shape index (κ3) is 2.84. The van der Waals surface area contributed by atoms with E-state index in [0.29, 0.717) is 18.8 Å². The first-order valence-electron chi connectivity index (χ1n) is 11.9. The summed E-state index contributed by atoms with van der Waals surface area (Å²) in [6.45, 7) is 11.1. The van der Waals surface area contributed by atoms with Gasteiger partial charge in [-0.3, -0.25) is 4.79 Å². The molecular weight excluding hydrogens is 364 g/mol. The van der Waals surface area contributed by atoms with Gasteiger partial charge in [-0.25, -0.2) is 0 Å². The monoisotopic (exact) mass is 406 g/mol. The first kappa shape index (κ1) is 21.8. The molecule has 9 atom stereocenters. The summed E-state index contributed by atoms with van der Waals surface area (Å²) < 4.78 is 0. The third-order valence-electron chi connectivity index (χ3n) is 10.8. The molecule has 3 N–H and O–H groups in total. The Morgan fingerprint density at radius 3 is 2.24 bits per heavy atom. The van der Waals surface area contributed by atoms with Gasteiger partial charge in [0.1, 0.15) is 5.78 Å². The fraction of sp³-hybridized carbons (Fsp3) is 0.960. The molecule has 0 unspecified atom stereocenters. The van der Waals surface area contributed by atoms with Crippen LogP contribution >= 0.6 is 0 Å². The molecule has 0 spiro atoms. The summed E-state index contributed by atoms with van der Waals surface area (Å²) in [6.07, 6.45) is 6.43. The average Bonchev–Trinajstić information content (AvgIpc) is 2.64. The van der Waals surface area contributed by atoms with E-state index in [1.54, 1.807) is 6.92 Å². The van der Waals surface area contributed by atoms with Gasteiger partial charge in [-0.2, -0.15) is 0 Å². The van der Waals surface area contributed by atoms with Crippen molar-refractivity contribution in [3.05, 3.63) is 0 Å². The van der Waals surface area contributed by atoms with E-state index in [9.17, 15) is 20.1 Å². The number of aliphatic hydroxyl groups is 3. The van der Waals surface area contributed by atoms with E-state index in [0.717, 1.165) is 32.1 Å². The zero-order chi connectivity index (χ0) is 21.4. The van der Waals surface area contributed by atoms with Crippen LogP contribution in [0.25, 0.3) is 0 Å². The van der Waals surface area contributed by atoms with Crippen LogP contribution in [0.3, 0.4) is 0 Å². The van der Waals surface area contributed by atoms with Crippen LogP contribution in [0.5, 0.6) is 0 Å². The Kier molecular flexibility index (Phi) is 5.08. The number of ketones is 1. The highest BCUT2D eigenvalue weighted by atomic mass is 16.3. The predicted octanol–water partition coefficient (Wildman–Crippen LogP) is 3.95. The second-order valence-corrected chi connectivity index (χ2v) is 12.4. The number of fused-ring (bicyclic) bond motifs is 5. The molecule has 4 aliphatic carbocycles. The van der Waals surface area contributed by atoms with E-state index >= 15 is 0 Å². The fourth-order valence-electron chi connectivity index (χ4n) is 9.33. The quantitative estimate of drug-likeness (QED) is 0.649. The van der Waals surface area contributed by atoms with Crippen LogP contribution in [-0.4, -0.2) is 39.9 Å². The molecule has 4 rings (SSSR count). The largest absolute Gasteiger partial charge is 0.396 e. The summed E-state index contributed by atoms with van der Waals surface area (Å²) in [7, 11) is 0. The molecule has 0 amide bonds. The molecule has 0 aromatic rings. The number of aliphatic hydroxyl groups excluding tert-OH is 3. The van der Waals surface area contributed by atoms with Gasteiger partial charge in [0.25, 0.3) is 0 Å². The van der Waals surface area contributed by atoms with E-state index in [1.807, 2.05) is 0 Å². The van der Waals surface area contributed by atoms with Crippen LogP contribution in [0.15, 0.2) is 0 Å². The Morgan fingerprint density at radius 2 is 1.62 bits per heavy atom. The number of carbonyl (C=O) groups is 1. The molecule has 4 aliphatic rings. The smallest absolute Gasteiger partial charge is 0.135 e. The van der Waals surface area contributed by atoms with E-state index in [2.05, 4.69) is 27.7 Å². The van der Waals surface area contributed by atoms with Gasteiger partial charge < -0.3 is 15.3 Å². The topological polar surface area (TPSA) is 77.8 Å². The van der Waals surface area contributed by atoms with Gasteiger partial charge in [0, 0.05) is 17.9 Å².